The number of halogens is 1. The van der Waals surface area contributed by atoms with Crippen LogP contribution in [0.1, 0.15) is 11.1 Å². The number of rotatable bonds is 5. The summed E-state index contributed by atoms with van der Waals surface area (Å²) in [6, 6.07) is 13.8. The van der Waals surface area contributed by atoms with E-state index in [1.165, 1.54) is 18.3 Å². The van der Waals surface area contributed by atoms with Gasteiger partial charge in [-0.05, 0) is 35.4 Å². The second-order valence-corrected chi connectivity index (χ2v) is 4.90. The highest BCUT2D eigenvalue weighted by molar-refractivity contribution is 9.10. The zero-order valence-electron chi connectivity index (χ0n) is 10.4. The number of nitro benzene ring substituents is 1. The second kappa shape index (κ2) is 6.81. The SMILES string of the molecule is O=[N+]([O-])c1ccc(/C=N\OCc2cccc(Br)c2)cc1. The van der Waals surface area contributed by atoms with Crippen LogP contribution in [0.5, 0.6) is 0 Å². The largest absolute Gasteiger partial charge is 0.391 e. The molecule has 20 heavy (non-hydrogen) atoms. The van der Waals surface area contributed by atoms with Crippen molar-refractivity contribution < 1.29 is 9.76 Å². The molecule has 5 nitrogen and oxygen atoms in total. The van der Waals surface area contributed by atoms with Gasteiger partial charge in [0.1, 0.15) is 6.61 Å². The van der Waals surface area contributed by atoms with Crippen LogP contribution in [0, 0.1) is 10.1 Å². The Kier molecular flexibility index (Phi) is 4.84. The fraction of sp³-hybridized carbons (Fsp3) is 0.0714. The average molecular weight is 335 g/mol. The summed E-state index contributed by atoms with van der Waals surface area (Å²) in [5.74, 6) is 0. The van der Waals surface area contributed by atoms with Crippen molar-refractivity contribution in [2.75, 3.05) is 0 Å². The summed E-state index contributed by atoms with van der Waals surface area (Å²) < 4.78 is 0.984. The summed E-state index contributed by atoms with van der Waals surface area (Å²) in [5.41, 5.74) is 1.79. The fourth-order valence-electron chi connectivity index (χ4n) is 1.52. The molecule has 0 radical (unpaired) electrons. The quantitative estimate of drug-likeness (QED) is 0.473. The Bertz CT molecular complexity index is 627. The minimum absolute atomic E-state index is 0.0530. The van der Waals surface area contributed by atoms with E-state index in [0.29, 0.717) is 6.61 Å². The monoisotopic (exact) mass is 334 g/mol. The molecule has 6 heteroatoms. The summed E-state index contributed by atoms with van der Waals surface area (Å²) in [6.45, 7) is 0.364. The Labute approximate surface area is 124 Å². The molecule has 0 bridgehead atoms. The Hall–Kier alpha value is -2.21. The highest BCUT2D eigenvalue weighted by Crippen LogP contribution is 2.13. The van der Waals surface area contributed by atoms with Crippen LogP contribution in [0.25, 0.3) is 0 Å². The fourth-order valence-corrected chi connectivity index (χ4v) is 1.97. The molecule has 0 heterocycles. The Morgan fingerprint density at radius 1 is 1.25 bits per heavy atom. The van der Waals surface area contributed by atoms with Gasteiger partial charge in [0.15, 0.2) is 0 Å². The van der Waals surface area contributed by atoms with Crippen molar-refractivity contribution in [3.8, 4) is 0 Å². The molecule has 2 rings (SSSR count). The molecule has 0 aliphatic heterocycles. The molecule has 0 spiro atoms. The van der Waals surface area contributed by atoms with E-state index in [2.05, 4.69) is 21.1 Å². The van der Waals surface area contributed by atoms with E-state index >= 15 is 0 Å². The first-order chi connectivity index (χ1) is 9.65. The van der Waals surface area contributed by atoms with E-state index in [0.717, 1.165) is 15.6 Å². The summed E-state index contributed by atoms with van der Waals surface area (Å²) in [5, 5.41) is 14.3. The number of benzene rings is 2. The third-order valence-electron chi connectivity index (χ3n) is 2.50. The van der Waals surface area contributed by atoms with Gasteiger partial charge >= 0.3 is 0 Å². The molecule has 0 aliphatic rings. The Morgan fingerprint density at radius 3 is 2.65 bits per heavy atom. The lowest BCUT2D eigenvalue weighted by Crippen LogP contribution is -1.90. The summed E-state index contributed by atoms with van der Waals surface area (Å²) in [4.78, 5) is 15.2. The van der Waals surface area contributed by atoms with E-state index in [1.54, 1.807) is 12.1 Å². The summed E-state index contributed by atoms with van der Waals surface area (Å²) in [6.07, 6.45) is 1.52. The van der Waals surface area contributed by atoms with Crippen molar-refractivity contribution in [3.63, 3.8) is 0 Å². The molecule has 102 valence electrons. The summed E-state index contributed by atoms with van der Waals surface area (Å²) in [7, 11) is 0. The van der Waals surface area contributed by atoms with Gasteiger partial charge in [-0.25, -0.2) is 0 Å². The third-order valence-corrected chi connectivity index (χ3v) is 2.99. The minimum Gasteiger partial charge on any atom is -0.391 e. The molecule has 0 aliphatic carbocycles. The van der Waals surface area contributed by atoms with Gasteiger partial charge in [-0.1, -0.05) is 33.2 Å². The molecule has 0 atom stereocenters. The van der Waals surface area contributed by atoms with Crippen molar-refractivity contribution in [1.82, 2.24) is 0 Å². The van der Waals surface area contributed by atoms with E-state index in [-0.39, 0.29) is 5.69 Å². The lowest BCUT2D eigenvalue weighted by atomic mass is 10.2. The Morgan fingerprint density at radius 2 is 2.00 bits per heavy atom. The Balaban J connectivity index is 1.88. The van der Waals surface area contributed by atoms with Gasteiger partial charge in [0.05, 0.1) is 11.1 Å². The third kappa shape index (κ3) is 4.17. The second-order valence-electron chi connectivity index (χ2n) is 3.99. The van der Waals surface area contributed by atoms with Crippen molar-refractivity contribution in [3.05, 3.63) is 74.2 Å². The first-order valence-electron chi connectivity index (χ1n) is 5.79. The number of nitro groups is 1. The van der Waals surface area contributed by atoms with Crippen LogP contribution in [0.2, 0.25) is 0 Å². The van der Waals surface area contributed by atoms with Crippen LogP contribution in [0.4, 0.5) is 5.69 Å². The van der Waals surface area contributed by atoms with Crippen LogP contribution in [0.15, 0.2) is 58.2 Å². The number of non-ortho nitro benzene ring substituents is 1. The van der Waals surface area contributed by atoms with Gasteiger partial charge in [0.2, 0.25) is 0 Å². The van der Waals surface area contributed by atoms with Gasteiger partial charge in [0.25, 0.3) is 5.69 Å². The summed E-state index contributed by atoms with van der Waals surface area (Å²) >= 11 is 3.38. The van der Waals surface area contributed by atoms with Crippen molar-refractivity contribution in [2.45, 2.75) is 6.61 Å². The molecule has 0 N–H and O–H groups in total. The van der Waals surface area contributed by atoms with E-state index < -0.39 is 4.92 Å². The number of nitrogens with zero attached hydrogens (tertiary/aromatic N) is 2. The molecule has 0 saturated heterocycles. The molecular weight excluding hydrogens is 324 g/mol. The molecule has 0 saturated carbocycles. The van der Waals surface area contributed by atoms with Crippen molar-refractivity contribution >= 4 is 27.8 Å². The normalized spacial score (nSPS) is 10.7. The molecule has 0 aromatic heterocycles. The molecule has 0 fully saturated rings. The number of oxime groups is 1. The van der Waals surface area contributed by atoms with Gasteiger partial charge < -0.3 is 4.84 Å². The van der Waals surface area contributed by atoms with Gasteiger partial charge in [0, 0.05) is 16.6 Å². The van der Waals surface area contributed by atoms with Gasteiger partial charge in [-0.2, -0.15) is 0 Å². The van der Waals surface area contributed by atoms with E-state index in [4.69, 9.17) is 4.84 Å². The molecule has 2 aromatic carbocycles. The van der Waals surface area contributed by atoms with Crippen LogP contribution >= 0.6 is 15.9 Å². The molecular formula is C14H11BrN2O3. The van der Waals surface area contributed by atoms with Crippen LogP contribution in [0.3, 0.4) is 0 Å². The van der Waals surface area contributed by atoms with Crippen LogP contribution in [-0.4, -0.2) is 11.1 Å². The van der Waals surface area contributed by atoms with Crippen LogP contribution in [-0.2, 0) is 11.4 Å². The molecule has 0 unspecified atom stereocenters. The standard InChI is InChI=1S/C14H11BrN2O3/c15-13-3-1-2-12(8-13)10-20-16-9-11-4-6-14(7-5-11)17(18)19/h1-9H,10H2/b16-9-. The number of hydrogen-bond acceptors (Lipinski definition) is 4. The maximum atomic E-state index is 10.5. The average Bonchev–Trinajstić information content (AvgIpc) is 2.44. The van der Waals surface area contributed by atoms with Crippen molar-refractivity contribution in [2.24, 2.45) is 5.16 Å². The first-order valence-corrected chi connectivity index (χ1v) is 6.59. The minimum atomic E-state index is -0.440. The highest BCUT2D eigenvalue weighted by atomic mass is 79.9. The molecule has 0 amide bonds. The maximum absolute atomic E-state index is 10.5. The maximum Gasteiger partial charge on any atom is 0.269 e. The predicted molar refractivity (Wildman–Crippen MR) is 79.6 cm³/mol. The molecule has 2 aromatic rings. The number of hydrogen-bond donors (Lipinski definition) is 0. The zero-order valence-corrected chi connectivity index (χ0v) is 12.0. The predicted octanol–water partition coefficient (Wildman–Crippen LogP) is 3.91. The van der Waals surface area contributed by atoms with E-state index in [9.17, 15) is 10.1 Å². The topological polar surface area (TPSA) is 64.7 Å². The van der Waals surface area contributed by atoms with E-state index in [1.807, 2.05) is 24.3 Å². The zero-order chi connectivity index (χ0) is 14.4. The van der Waals surface area contributed by atoms with Gasteiger partial charge in [-0.3, -0.25) is 10.1 Å². The van der Waals surface area contributed by atoms with Gasteiger partial charge in [-0.15, -0.1) is 0 Å². The van der Waals surface area contributed by atoms with Crippen LogP contribution < -0.4 is 0 Å². The van der Waals surface area contributed by atoms with Crippen molar-refractivity contribution in [1.29, 1.82) is 0 Å². The smallest absolute Gasteiger partial charge is 0.269 e. The lowest BCUT2D eigenvalue weighted by Gasteiger charge is -2.00. The lowest BCUT2D eigenvalue weighted by molar-refractivity contribution is -0.384. The first kappa shape index (κ1) is 14.2. The highest BCUT2D eigenvalue weighted by Gasteiger charge is 2.02.